The number of halogens is 3. The number of benzene rings is 4. The Morgan fingerprint density at radius 2 is 0.853 bits per heavy atom. The van der Waals surface area contributed by atoms with Gasteiger partial charge in [-0.15, -0.1) is 0 Å². The van der Waals surface area contributed by atoms with Crippen LogP contribution in [0, 0.1) is 0 Å². The SMILES string of the molecule is [Cl-].[Cl-].[Cl-].[Ti+3][C]1=C(C(c2ccccc2)(c2ccccc2)c2ccccc2)CC=C1c1ccccc1. The Hall–Kier alpha value is -2.06. The maximum atomic E-state index is 2.41. The van der Waals surface area contributed by atoms with Crippen LogP contribution in [-0.4, -0.2) is 0 Å². The minimum absolute atomic E-state index is 0. The van der Waals surface area contributed by atoms with Gasteiger partial charge in [-0.2, -0.15) is 0 Å². The molecule has 5 rings (SSSR count). The summed E-state index contributed by atoms with van der Waals surface area (Å²) in [7, 11) is 0. The molecule has 0 N–H and O–H groups in total. The zero-order valence-electron chi connectivity index (χ0n) is 18.5. The first-order valence-electron chi connectivity index (χ1n) is 10.7. The van der Waals surface area contributed by atoms with Crippen LogP contribution in [0.4, 0.5) is 0 Å². The van der Waals surface area contributed by atoms with E-state index in [2.05, 4.69) is 148 Å². The molecule has 0 saturated heterocycles. The van der Waals surface area contributed by atoms with E-state index < -0.39 is 0 Å². The summed E-state index contributed by atoms with van der Waals surface area (Å²) in [6.45, 7) is 0. The van der Waals surface area contributed by atoms with Gasteiger partial charge in [0.1, 0.15) is 0 Å². The summed E-state index contributed by atoms with van der Waals surface area (Å²) in [6, 6.07) is 43.7. The van der Waals surface area contributed by atoms with Crippen LogP contribution in [0.25, 0.3) is 5.57 Å². The van der Waals surface area contributed by atoms with Gasteiger partial charge < -0.3 is 37.2 Å². The molecule has 0 unspecified atom stereocenters. The predicted molar refractivity (Wildman–Crippen MR) is 125 cm³/mol. The molecule has 1 aliphatic carbocycles. The zero-order chi connectivity index (χ0) is 21.1. The third kappa shape index (κ3) is 4.98. The second-order valence-corrected chi connectivity index (χ2v) is 8.67. The molecule has 0 bridgehead atoms. The van der Waals surface area contributed by atoms with Crippen LogP contribution in [0.1, 0.15) is 28.7 Å². The monoisotopic (exact) mass is 536 g/mol. The van der Waals surface area contributed by atoms with Crippen molar-refractivity contribution < 1.29 is 57.7 Å². The number of hydrogen-bond donors (Lipinski definition) is 0. The molecule has 4 aromatic carbocycles. The fourth-order valence-electron chi connectivity index (χ4n) is 4.88. The molecule has 34 heavy (non-hydrogen) atoms. The first-order valence-corrected chi connectivity index (χ1v) is 11.5. The Morgan fingerprint density at radius 3 is 1.24 bits per heavy atom. The van der Waals surface area contributed by atoms with E-state index in [9.17, 15) is 0 Å². The van der Waals surface area contributed by atoms with Crippen molar-refractivity contribution in [3.63, 3.8) is 0 Å². The molecule has 0 saturated carbocycles. The summed E-state index contributed by atoms with van der Waals surface area (Å²) in [6.07, 6.45) is 3.35. The summed E-state index contributed by atoms with van der Waals surface area (Å²) in [4.78, 5) is 0. The fraction of sp³-hybridized carbons (Fsp3) is 0.0667. The van der Waals surface area contributed by atoms with Gasteiger partial charge in [-0.3, -0.25) is 0 Å². The van der Waals surface area contributed by atoms with E-state index >= 15 is 0 Å². The molecule has 0 spiro atoms. The zero-order valence-corrected chi connectivity index (χ0v) is 22.3. The van der Waals surface area contributed by atoms with Crippen molar-refractivity contribution in [3.05, 3.63) is 159 Å². The van der Waals surface area contributed by atoms with E-state index in [4.69, 9.17) is 0 Å². The van der Waals surface area contributed by atoms with Crippen molar-refractivity contribution in [2.45, 2.75) is 11.8 Å². The van der Waals surface area contributed by atoms with Crippen LogP contribution in [0.5, 0.6) is 0 Å². The molecule has 168 valence electrons. The van der Waals surface area contributed by atoms with Gasteiger partial charge in [-0.05, 0) is 0 Å². The summed E-state index contributed by atoms with van der Waals surface area (Å²) < 4.78 is 1.38. The van der Waals surface area contributed by atoms with Gasteiger partial charge in [0.25, 0.3) is 0 Å². The molecule has 0 nitrogen and oxygen atoms in total. The molecule has 0 amide bonds. The molecule has 1 aliphatic rings. The number of allylic oxidation sites excluding steroid dienone is 4. The van der Waals surface area contributed by atoms with Gasteiger partial charge in [0.05, 0.1) is 0 Å². The predicted octanol–water partition coefficient (Wildman–Crippen LogP) is -1.68. The van der Waals surface area contributed by atoms with E-state index in [0.29, 0.717) is 0 Å². The van der Waals surface area contributed by atoms with Crippen molar-refractivity contribution >= 4 is 5.57 Å². The van der Waals surface area contributed by atoms with Crippen LogP contribution in [0.15, 0.2) is 137 Å². The van der Waals surface area contributed by atoms with Crippen molar-refractivity contribution in [3.8, 4) is 0 Å². The average molecular weight is 538 g/mol. The first kappa shape index (κ1) is 28.2. The molecule has 4 aromatic rings. The Balaban J connectivity index is 0.00000136. The molecule has 0 aliphatic heterocycles. The molecule has 0 fully saturated rings. The van der Waals surface area contributed by atoms with Crippen LogP contribution in [-0.2, 0) is 25.9 Å². The Bertz CT molecular complexity index is 1140. The summed E-state index contributed by atoms with van der Waals surface area (Å²) in [5, 5.41) is 0. The second kappa shape index (κ2) is 12.6. The molecule has 0 heterocycles. The molecule has 0 aromatic heterocycles. The summed E-state index contributed by atoms with van der Waals surface area (Å²) >= 11 is 2.30. The van der Waals surface area contributed by atoms with Gasteiger partial charge in [0.2, 0.25) is 0 Å². The standard InChI is InChI=1S/C30H23.3ClH.Ti/c1-5-13-24(14-6-1)25-21-22-29(23-25)30(26-15-7-2-8-16-26,27-17-9-3-10-18-27)28-19-11-4-12-20-28;;;;/h1-21H,22H2;3*1H;/q;;;;+3/p-3. The van der Waals surface area contributed by atoms with Crippen molar-refractivity contribution in [2.24, 2.45) is 0 Å². The van der Waals surface area contributed by atoms with E-state index in [0.717, 1.165) is 6.42 Å². The van der Waals surface area contributed by atoms with Gasteiger partial charge in [0.15, 0.2) is 0 Å². The quantitative estimate of drug-likeness (QED) is 0.211. The van der Waals surface area contributed by atoms with Gasteiger partial charge in [0, 0.05) is 0 Å². The van der Waals surface area contributed by atoms with Crippen LogP contribution in [0.2, 0.25) is 0 Å². The van der Waals surface area contributed by atoms with Crippen molar-refractivity contribution in [1.29, 1.82) is 0 Å². The Labute approximate surface area is 232 Å². The van der Waals surface area contributed by atoms with Gasteiger partial charge >= 0.3 is 197 Å². The number of rotatable bonds is 5. The van der Waals surface area contributed by atoms with Crippen LogP contribution >= 0.6 is 0 Å². The fourth-order valence-corrected chi connectivity index (χ4v) is 5.72. The van der Waals surface area contributed by atoms with Crippen molar-refractivity contribution in [1.82, 2.24) is 0 Å². The average Bonchev–Trinajstić information content (AvgIpc) is 3.24. The van der Waals surface area contributed by atoms with E-state index in [1.165, 1.54) is 37.3 Å². The second-order valence-electron chi connectivity index (χ2n) is 7.89. The maximum absolute atomic E-state index is 2.41. The molecular formula is C30H23Cl3Ti. The minimum atomic E-state index is -0.332. The van der Waals surface area contributed by atoms with Crippen LogP contribution in [0.3, 0.4) is 0 Å². The molecule has 0 atom stereocenters. The summed E-state index contributed by atoms with van der Waals surface area (Å²) in [5.74, 6) is 0. The third-order valence-corrected chi connectivity index (χ3v) is 7.13. The van der Waals surface area contributed by atoms with Crippen LogP contribution < -0.4 is 37.2 Å². The Kier molecular flexibility index (Phi) is 10.4. The molecule has 0 radical (unpaired) electrons. The molecule has 4 heteroatoms. The number of hydrogen-bond acceptors (Lipinski definition) is 0. The van der Waals surface area contributed by atoms with Gasteiger partial charge in [-0.25, -0.2) is 0 Å². The molecular weight excluding hydrogens is 515 g/mol. The van der Waals surface area contributed by atoms with Gasteiger partial charge in [-0.1, -0.05) is 0 Å². The van der Waals surface area contributed by atoms with E-state index in [-0.39, 0.29) is 42.6 Å². The Morgan fingerprint density at radius 1 is 0.500 bits per heavy atom. The third-order valence-electron chi connectivity index (χ3n) is 6.24. The summed E-state index contributed by atoms with van der Waals surface area (Å²) in [5.41, 5.74) is 7.69. The van der Waals surface area contributed by atoms with Crippen molar-refractivity contribution in [2.75, 3.05) is 0 Å². The normalized spacial score (nSPS) is 12.7. The first-order chi connectivity index (χ1) is 15.3. The topological polar surface area (TPSA) is 0 Å². The van der Waals surface area contributed by atoms with E-state index in [1.54, 1.807) is 0 Å². The van der Waals surface area contributed by atoms with E-state index in [1.807, 2.05) is 0 Å².